The highest BCUT2D eigenvalue weighted by atomic mass is 16.5. The first-order chi connectivity index (χ1) is 4.33. The van der Waals surface area contributed by atoms with E-state index in [1.165, 1.54) is 0 Å². The molecule has 1 rings (SSSR count). The van der Waals surface area contributed by atoms with E-state index in [0.717, 1.165) is 25.9 Å². The molecular formula is C6H14N2O. The second-order valence-corrected chi connectivity index (χ2v) is 2.74. The molecule has 3 heteroatoms. The van der Waals surface area contributed by atoms with E-state index in [-0.39, 0.29) is 0 Å². The van der Waals surface area contributed by atoms with Crippen molar-refractivity contribution >= 4 is 0 Å². The molecule has 0 aromatic heterocycles. The lowest BCUT2D eigenvalue weighted by molar-refractivity contribution is -0.857. The summed E-state index contributed by atoms with van der Waals surface area (Å²) in [5.41, 5.74) is 5.41. The van der Waals surface area contributed by atoms with Crippen LogP contribution in [-0.4, -0.2) is 19.6 Å². The summed E-state index contributed by atoms with van der Waals surface area (Å²) >= 11 is 0. The van der Waals surface area contributed by atoms with Crippen molar-refractivity contribution in [1.82, 2.24) is 0 Å². The first kappa shape index (κ1) is 6.99. The lowest BCUT2D eigenvalue weighted by Crippen LogP contribution is -3.09. The number of hydrogen-bond donors (Lipinski definition) is 2. The third-order valence-corrected chi connectivity index (χ3v) is 1.92. The van der Waals surface area contributed by atoms with E-state index in [9.17, 15) is 5.21 Å². The van der Waals surface area contributed by atoms with Crippen LogP contribution in [0.4, 0.5) is 0 Å². The van der Waals surface area contributed by atoms with Crippen molar-refractivity contribution in [2.45, 2.75) is 12.8 Å². The molecular weight excluding hydrogens is 116 g/mol. The molecule has 9 heavy (non-hydrogen) atoms. The van der Waals surface area contributed by atoms with Gasteiger partial charge in [-0.15, -0.1) is 0 Å². The van der Waals surface area contributed by atoms with E-state index < -0.39 is 0 Å². The van der Waals surface area contributed by atoms with Crippen LogP contribution in [-0.2, 0) is 0 Å². The minimum absolute atomic E-state index is 0.400. The van der Waals surface area contributed by atoms with Crippen LogP contribution in [0.2, 0.25) is 0 Å². The summed E-state index contributed by atoms with van der Waals surface area (Å²) in [5, 5.41) is 11.2. The molecule has 1 heterocycles. The van der Waals surface area contributed by atoms with Crippen LogP contribution in [0.25, 0.3) is 0 Å². The van der Waals surface area contributed by atoms with E-state index in [4.69, 9.17) is 5.73 Å². The summed E-state index contributed by atoms with van der Waals surface area (Å²) < 4.78 is 0. The van der Waals surface area contributed by atoms with Crippen molar-refractivity contribution in [3.05, 3.63) is 5.21 Å². The highest BCUT2D eigenvalue weighted by Crippen LogP contribution is 2.03. The number of hydrogen-bond acceptors (Lipinski definition) is 2. The Balaban J connectivity index is 2.23. The quantitative estimate of drug-likeness (QED) is 0.435. The van der Waals surface area contributed by atoms with Crippen LogP contribution >= 0.6 is 0 Å². The topological polar surface area (TPSA) is 53.5 Å². The van der Waals surface area contributed by atoms with Gasteiger partial charge in [-0.05, 0) is 12.8 Å². The Morgan fingerprint density at radius 1 is 1.67 bits per heavy atom. The molecule has 0 amide bonds. The SMILES string of the molecule is NCC1CCC[NH+]([O-])C1. The predicted molar refractivity (Wildman–Crippen MR) is 35.8 cm³/mol. The van der Waals surface area contributed by atoms with E-state index in [1.807, 2.05) is 0 Å². The zero-order chi connectivity index (χ0) is 6.69. The Morgan fingerprint density at radius 2 is 2.44 bits per heavy atom. The van der Waals surface area contributed by atoms with Crippen molar-refractivity contribution in [1.29, 1.82) is 0 Å². The van der Waals surface area contributed by atoms with Crippen molar-refractivity contribution in [3.8, 4) is 0 Å². The molecule has 2 unspecified atom stereocenters. The van der Waals surface area contributed by atoms with Gasteiger partial charge in [-0.1, -0.05) is 0 Å². The standard InChI is InChI=1S/C6H14N2O/c7-4-6-2-1-3-8(9)5-6/h6,8H,1-5,7H2. The van der Waals surface area contributed by atoms with Gasteiger partial charge in [0.25, 0.3) is 0 Å². The van der Waals surface area contributed by atoms with Crippen molar-refractivity contribution in [2.75, 3.05) is 19.6 Å². The van der Waals surface area contributed by atoms with Gasteiger partial charge in [0.15, 0.2) is 0 Å². The Hall–Kier alpha value is -0.120. The van der Waals surface area contributed by atoms with E-state index in [0.29, 0.717) is 17.5 Å². The monoisotopic (exact) mass is 130 g/mol. The van der Waals surface area contributed by atoms with Crippen LogP contribution in [0, 0.1) is 11.1 Å². The average molecular weight is 130 g/mol. The summed E-state index contributed by atoms with van der Waals surface area (Å²) in [6, 6.07) is 0. The second-order valence-electron chi connectivity index (χ2n) is 2.74. The van der Waals surface area contributed by atoms with Gasteiger partial charge in [0.05, 0.1) is 13.1 Å². The molecule has 0 aliphatic carbocycles. The summed E-state index contributed by atoms with van der Waals surface area (Å²) in [6.07, 6.45) is 2.21. The fourth-order valence-electron chi connectivity index (χ4n) is 1.32. The van der Waals surface area contributed by atoms with Gasteiger partial charge in [0, 0.05) is 12.5 Å². The molecule has 3 nitrogen and oxygen atoms in total. The van der Waals surface area contributed by atoms with Crippen molar-refractivity contribution in [2.24, 2.45) is 11.7 Å². The van der Waals surface area contributed by atoms with Gasteiger partial charge in [-0.2, -0.15) is 0 Å². The number of quaternary nitrogens is 1. The van der Waals surface area contributed by atoms with Gasteiger partial charge in [0.1, 0.15) is 0 Å². The second kappa shape index (κ2) is 3.15. The maximum atomic E-state index is 10.8. The third kappa shape index (κ3) is 1.93. The minimum atomic E-state index is 0.400. The Morgan fingerprint density at radius 3 is 2.89 bits per heavy atom. The summed E-state index contributed by atoms with van der Waals surface area (Å²) in [7, 11) is 0. The molecule has 0 bridgehead atoms. The molecule has 2 atom stereocenters. The maximum absolute atomic E-state index is 10.8. The molecule has 0 spiro atoms. The van der Waals surface area contributed by atoms with Crippen LogP contribution < -0.4 is 10.8 Å². The summed E-state index contributed by atoms with van der Waals surface area (Å²) in [6.45, 7) is 2.21. The maximum Gasteiger partial charge on any atom is 0.0809 e. The minimum Gasteiger partial charge on any atom is -0.634 e. The van der Waals surface area contributed by atoms with Crippen LogP contribution in [0.3, 0.4) is 0 Å². The molecule has 0 aromatic rings. The zero-order valence-electron chi connectivity index (χ0n) is 5.60. The van der Waals surface area contributed by atoms with Crippen molar-refractivity contribution in [3.63, 3.8) is 0 Å². The summed E-state index contributed by atoms with van der Waals surface area (Å²) in [5.74, 6) is 0.492. The highest BCUT2D eigenvalue weighted by Gasteiger charge is 2.15. The zero-order valence-corrected chi connectivity index (χ0v) is 5.60. The number of nitrogens with one attached hydrogen (secondary N) is 1. The van der Waals surface area contributed by atoms with Crippen LogP contribution in [0.15, 0.2) is 0 Å². The lowest BCUT2D eigenvalue weighted by atomic mass is 10.00. The van der Waals surface area contributed by atoms with Crippen LogP contribution in [0.5, 0.6) is 0 Å². The van der Waals surface area contributed by atoms with Crippen molar-refractivity contribution < 1.29 is 5.06 Å². The van der Waals surface area contributed by atoms with E-state index in [1.54, 1.807) is 0 Å². The Bertz CT molecular complexity index is 87.1. The fourth-order valence-corrected chi connectivity index (χ4v) is 1.32. The molecule has 1 aliphatic rings. The third-order valence-electron chi connectivity index (χ3n) is 1.92. The normalized spacial score (nSPS) is 36.7. The smallest absolute Gasteiger partial charge is 0.0809 e. The predicted octanol–water partition coefficient (Wildman–Crippen LogP) is -1.26. The Labute approximate surface area is 55.4 Å². The molecule has 3 N–H and O–H groups in total. The number of nitrogens with two attached hydrogens (primary N) is 1. The molecule has 0 aromatic carbocycles. The van der Waals surface area contributed by atoms with Gasteiger partial charge in [-0.25, -0.2) is 0 Å². The molecule has 1 saturated heterocycles. The fraction of sp³-hybridized carbons (Fsp3) is 1.00. The first-order valence-electron chi connectivity index (χ1n) is 3.54. The summed E-state index contributed by atoms with van der Waals surface area (Å²) in [4.78, 5) is 0. The largest absolute Gasteiger partial charge is 0.634 e. The highest BCUT2D eigenvalue weighted by molar-refractivity contribution is 4.61. The average Bonchev–Trinajstić information content (AvgIpc) is 1.88. The van der Waals surface area contributed by atoms with Gasteiger partial charge < -0.3 is 16.0 Å². The number of hydroxylamine groups is 2. The van der Waals surface area contributed by atoms with E-state index in [2.05, 4.69) is 0 Å². The molecule has 0 saturated carbocycles. The van der Waals surface area contributed by atoms with Gasteiger partial charge >= 0.3 is 0 Å². The molecule has 1 aliphatic heterocycles. The van der Waals surface area contributed by atoms with E-state index >= 15 is 0 Å². The number of piperidine rings is 1. The van der Waals surface area contributed by atoms with Crippen LogP contribution in [0.1, 0.15) is 12.8 Å². The molecule has 0 radical (unpaired) electrons. The first-order valence-corrected chi connectivity index (χ1v) is 3.54. The Kier molecular flexibility index (Phi) is 2.45. The molecule has 1 fully saturated rings. The molecule has 54 valence electrons. The van der Waals surface area contributed by atoms with Gasteiger partial charge in [0.2, 0.25) is 0 Å². The number of rotatable bonds is 1. The van der Waals surface area contributed by atoms with Gasteiger partial charge in [-0.3, -0.25) is 0 Å². The lowest BCUT2D eigenvalue weighted by Gasteiger charge is -2.31.